The Hall–Kier alpha value is -1.65. The summed E-state index contributed by atoms with van der Waals surface area (Å²) in [5.41, 5.74) is 4.79. The number of benzene rings is 1. The second kappa shape index (κ2) is 13.8. The number of likely N-dealkylation sites (N-methyl/N-ethyl adjacent to an activating group) is 1. The van der Waals surface area contributed by atoms with Crippen LogP contribution in [0, 0.1) is 0 Å². The average Bonchev–Trinajstić information content (AvgIpc) is 3.22. The highest BCUT2D eigenvalue weighted by Gasteiger charge is 2.16. The molecule has 2 N–H and O–H groups in total. The maximum absolute atomic E-state index is 5.45. The molecule has 0 amide bonds. The van der Waals surface area contributed by atoms with Gasteiger partial charge in [0, 0.05) is 64.8 Å². The molecule has 178 valence electrons. The van der Waals surface area contributed by atoms with E-state index in [-0.39, 0.29) is 24.0 Å². The molecule has 0 atom stereocenters. The van der Waals surface area contributed by atoms with Crippen LogP contribution >= 0.6 is 24.0 Å². The van der Waals surface area contributed by atoms with E-state index >= 15 is 0 Å². The third kappa shape index (κ3) is 7.45. The Balaban J connectivity index is 0.00000363. The first-order valence-electron chi connectivity index (χ1n) is 11.6. The number of aliphatic imine (C=N–C) groups is 1. The topological polar surface area (TPSA) is 68.9 Å². The maximum Gasteiger partial charge on any atom is 0.191 e. The largest absolute Gasteiger partial charge is 0.361 e. The summed E-state index contributed by atoms with van der Waals surface area (Å²) in [6.07, 6.45) is 1.71. The molecule has 1 aliphatic rings. The highest BCUT2D eigenvalue weighted by molar-refractivity contribution is 14.0. The molecule has 0 saturated carbocycles. The van der Waals surface area contributed by atoms with Crippen molar-refractivity contribution in [2.75, 3.05) is 39.8 Å². The molecule has 1 fully saturated rings. The van der Waals surface area contributed by atoms with Crippen molar-refractivity contribution in [3.05, 3.63) is 52.4 Å². The smallest absolute Gasteiger partial charge is 0.191 e. The van der Waals surface area contributed by atoms with E-state index in [0.29, 0.717) is 6.54 Å². The van der Waals surface area contributed by atoms with Crippen molar-refractivity contribution >= 4 is 29.9 Å². The van der Waals surface area contributed by atoms with Gasteiger partial charge in [-0.1, -0.05) is 50.2 Å². The molecule has 0 bridgehead atoms. The molecule has 1 aliphatic heterocycles. The minimum Gasteiger partial charge on any atom is -0.361 e. The van der Waals surface area contributed by atoms with E-state index in [9.17, 15) is 0 Å². The molecule has 8 heteroatoms. The molecule has 0 radical (unpaired) electrons. The summed E-state index contributed by atoms with van der Waals surface area (Å²) < 4.78 is 5.45. The van der Waals surface area contributed by atoms with Gasteiger partial charge in [0.25, 0.3) is 0 Å². The summed E-state index contributed by atoms with van der Waals surface area (Å²) in [6, 6.07) is 8.92. The van der Waals surface area contributed by atoms with Crippen molar-refractivity contribution in [3.8, 4) is 0 Å². The predicted molar refractivity (Wildman–Crippen MR) is 142 cm³/mol. The first-order chi connectivity index (χ1) is 15.2. The molecule has 1 aromatic heterocycles. The number of rotatable bonds is 9. The van der Waals surface area contributed by atoms with Gasteiger partial charge in [0.05, 0.1) is 5.69 Å². The number of aryl methyl sites for hydroxylation is 2. The second-order valence-corrected chi connectivity index (χ2v) is 8.04. The molecular formula is C24H39IN6O. The summed E-state index contributed by atoms with van der Waals surface area (Å²) in [7, 11) is 1.80. The Morgan fingerprint density at radius 1 is 0.938 bits per heavy atom. The number of hydrogen-bond donors (Lipinski definition) is 2. The van der Waals surface area contributed by atoms with Crippen molar-refractivity contribution in [2.45, 2.75) is 53.2 Å². The number of halogens is 1. The zero-order valence-corrected chi connectivity index (χ0v) is 22.3. The summed E-state index contributed by atoms with van der Waals surface area (Å²) >= 11 is 0. The Bertz CT molecular complexity index is 806. The SMILES string of the molecule is CCc1noc(CC)c1CNC(=NC)NCc1ccc(CN2CCN(CC)CC2)cc1.I. The number of guanidine groups is 1. The van der Waals surface area contributed by atoms with E-state index in [0.717, 1.165) is 68.5 Å². The molecule has 32 heavy (non-hydrogen) atoms. The van der Waals surface area contributed by atoms with Gasteiger partial charge in [0.15, 0.2) is 5.96 Å². The van der Waals surface area contributed by atoms with Gasteiger partial charge in [-0.15, -0.1) is 24.0 Å². The van der Waals surface area contributed by atoms with Gasteiger partial charge in [0.1, 0.15) is 5.76 Å². The van der Waals surface area contributed by atoms with Crippen LogP contribution in [0.5, 0.6) is 0 Å². The molecule has 7 nitrogen and oxygen atoms in total. The number of nitrogens with zero attached hydrogens (tertiary/aromatic N) is 4. The van der Waals surface area contributed by atoms with Crippen LogP contribution in [0.15, 0.2) is 33.8 Å². The van der Waals surface area contributed by atoms with Gasteiger partial charge in [0.2, 0.25) is 0 Å². The highest BCUT2D eigenvalue weighted by Crippen LogP contribution is 2.15. The van der Waals surface area contributed by atoms with Crippen molar-refractivity contribution < 1.29 is 4.52 Å². The quantitative estimate of drug-likeness (QED) is 0.282. The van der Waals surface area contributed by atoms with E-state index in [2.05, 4.69) is 75.6 Å². The molecule has 0 unspecified atom stereocenters. The van der Waals surface area contributed by atoms with Crippen LogP contribution in [0.25, 0.3) is 0 Å². The fourth-order valence-corrected chi connectivity index (χ4v) is 4.00. The third-order valence-electron chi connectivity index (χ3n) is 6.06. The first-order valence-corrected chi connectivity index (χ1v) is 11.6. The number of aromatic nitrogens is 1. The monoisotopic (exact) mass is 554 g/mol. The lowest BCUT2D eigenvalue weighted by Gasteiger charge is -2.34. The van der Waals surface area contributed by atoms with Crippen molar-refractivity contribution in [1.82, 2.24) is 25.6 Å². The normalized spacial score (nSPS) is 15.4. The number of piperazine rings is 1. The zero-order valence-electron chi connectivity index (χ0n) is 20.0. The van der Waals surface area contributed by atoms with Crippen LogP contribution in [-0.4, -0.2) is 60.7 Å². The van der Waals surface area contributed by atoms with Crippen molar-refractivity contribution in [2.24, 2.45) is 4.99 Å². The highest BCUT2D eigenvalue weighted by atomic mass is 127. The van der Waals surface area contributed by atoms with E-state index in [1.54, 1.807) is 7.05 Å². The molecule has 2 aromatic rings. The van der Waals surface area contributed by atoms with Crippen LogP contribution in [0.3, 0.4) is 0 Å². The van der Waals surface area contributed by atoms with Crippen LogP contribution in [0.2, 0.25) is 0 Å². The van der Waals surface area contributed by atoms with Crippen LogP contribution in [-0.2, 0) is 32.5 Å². The van der Waals surface area contributed by atoms with Crippen LogP contribution in [0.1, 0.15) is 48.9 Å². The average molecular weight is 555 g/mol. The summed E-state index contributed by atoms with van der Waals surface area (Å²) in [6.45, 7) is 14.7. The maximum atomic E-state index is 5.45. The predicted octanol–water partition coefficient (Wildman–Crippen LogP) is 3.42. The van der Waals surface area contributed by atoms with Gasteiger partial charge in [-0.05, 0) is 24.1 Å². The van der Waals surface area contributed by atoms with E-state index in [1.165, 1.54) is 24.2 Å². The van der Waals surface area contributed by atoms with Gasteiger partial charge in [-0.2, -0.15) is 0 Å². The number of hydrogen-bond acceptors (Lipinski definition) is 5. The Kier molecular flexibility index (Phi) is 11.5. The fourth-order valence-electron chi connectivity index (χ4n) is 4.00. The molecule has 0 aliphatic carbocycles. The lowest BCUT2D eigenvalue weighted by Crippen LogP contribution is -2.45. The van der Waals surface area contributed by atoms with Crippen LogP contribution in [0.4, 0.5) is 0 Å². The van der Waals surface area contributed by atoms with E-state index in [4.69, 9.17) is 4.52 Å². The molecule has 0 spiro atoms. The van der Waals surface area contributed by atoms with Gasteiger partial charge < -0.3 is 20.1 Å². The molecular weight excluding hydrogens is 515 g/mol. The summed E-state index contributed by atoms with van der Waals surface area (Å²) in [5, 5.41) is 11.0. The van der Waals surface area contributed by atoms with Gasteiger partial charge in [-0.3, -0.25) is 9.89 Å². The standard InChI is InChI=1S/C24H38N6O.HI/c1-5-22-21(23(6-2)31-28-22)17-27-24(25-4)26-16-19-8-10-20(11-9-19)18-30-14-12-29(7-3)13-15-30;/h8-11H,5-7,12-18H2,1-4H3,(H2,25,26,27);1H. The van der Waals surface area contributed by atoms with E-state index in [1.807, 2.05) is 0 Å². The van der Waals surface area contributed by atoms with Gasteiger partial charge >= 0.3 is 0 Å². The van der Waals surface area contributed by atoms with E-state index < -0.39 is 0 Å². The second-order valence-electron chi connectivity index (χ2n) is 8.04. The molecule has 3 rings (SSSR count). The minimum absolute atomic E-state index is 0. The lowest BCUT2D eigenvalue weighted by molar-refractivity contribution is 0.132. The summed E-state index contributed by atoms with van der Waals surface area (Å²) in [4.78, 5) is 9.42. The molecule has 1 aromatic carbocycles. The third-order valence-corrected chi connectivity index (χ3v) is 6.06. The first kappa shape index (κ1) is 26.6. The zero-order chi connectivity index (χ0) is 22.1. The Labute approximate surface area is 210 Å². The van der Waals surface area contributed by atoms with Gasteiger partial charge in [-0.25, -0.2) is 0 Å². The Morgan fingerprint density at radius 3 is 2.16 bits per heavy atom. The number of nitrogens with one attached hydrogen (secondary N) is 2. The van der Waals surface area contributed by atoms with Crippen molar-refractivity contribution in [3.63, 3.8) is 0 Å². The molecule has 2 heterocycles. The van der Waals surface area contributed by atoms with Crippen molar-refractivity contribution in [1.29, 1.82) is 0 Å². The molecule has 1 saturated heterocycles. The van der Waals surface area contributed by atoms with Crippen LogP contribution < -0.4 is 10.6 Å². The minimum atomic E-state index is 0. The Morgan fingerprint density at radius 2 is 1.56 bits per heavy atom. The lowest BCUT2D eigenvalue weighted by atomic mass is 10.1. The summed E-state index contributed by atoms with van der Waals surface area (Å²) in [5.74, 6) is 1.73. The fraction of sp³-hybridized carbons (Fsp3) is 0.583.